The lowest BCUT2D eigenvalue weighted by Crippen LogP contribution is -2.39. The van der Waals surface area contributed by atoms with Crippen molar-refractivity contribution in [2.24, 2.45) is 0 Å². The third-order valence-corrected chi connectivity index (χ3v) is 4.07. The van der Waals surface area contributed by atoms with E-state index in [9.17, 15) is 22.0 Å². The first-order valence-electron chi connectivity index (χ1n) is 7.86. The second-order valence-corrected chi connectivity index (χ2v) is 6.21. The highest BCUT2D eigenvalue weighted by atomic mass is 19.2. The van der Waals surface area contributed by atoms with Gasteiger partial charge in [0.1, 0.15) is 6.10 Å². The molecule has 0 bridgehead atoms. The smallest absolute Gasteiger partial charge is 0.207 e. The van der Waals surface area contributed by atoms with Gasteiger partial charge in [0.2, 0.25) is 29.1 Å². The van der Waals surface area contributed by atoms with Crippen LogP contribution in [0.3, 0.4) is 0 Å². The maximum absolute atomic E-state index is 13.6. The molecule has 136 valence electrons. The summed E-state index contributed by atoms with van der Waals surface area (Å²) in [7, 11) is 3.98. The van der Waals surface area contributed by atoms with Crippen LogP contribution in [-0.2, 0) is 0 Å². The molecule has 0 atom stereocenters. The minimum absolute atomic E-state index is 0.474. The molecule has 0 N–H and O–H groups in total. The Morgan fingerprint density at radius 3 is 1.92 bits per heavy atom. The van der Waals surface area contributed by atoms with Crippen LogP contribution in [-0.4, -0.2) is 56.2 Å². The summed E-state index contributed by atoms with van der Waals surface area (Å²) in [6, 6.07) is 0. The molecule has 1 fully saturated rings. The van der Waals surface area contributed by atoms with Gasteiger partial charge in [-0.2, -0.15) is 8.78 Å². The highest BCUT2D eigenvalue weighted by Crippen LogP contribution is 2.31. The van der Waals surface area contributed by atoms with E-state index >= 15 is 0 Å². The summed E-state index contributed by atoms with van der Waals surface area (Å²) in [6.45, 7) is 3.18. The molecule has 1 heterocycles. The molecular weight excluding hydrogens is 331 g/mol. The summed E-state index contributed by atoms with van der Waals surface area (Å²) in [5.41, 5.74) is 0. The fourth-order valence-corrected chi connectivity index (χ4v) is 2.72. The quantitative estimate of drug-likeness (QED) is 0.444. The van der Waals surface area contributed by atoms with Crippen molar-refractivity contribution >= 4 is 0 Å². The lowest BCUT2D eigenvalue weighted by molar-refractivity contribution is 0.0895. The summed E-state index contributed by atoms with van der Waals surface area (Å²) in [6.07, 6.45) is 1.38. The molecule has 1 aliphatic rings. The van der Waals surface area contributed by atoms with Gasteiger partial charge in [-0.05, 0) is 46.4 Å². The summed E-state index contributed by atoms with van der Waals surface area (Å²) in [4.78, 5) is 4.28. The van der Waals surface area contributed by atoms with Gasteiger partial charge in [-0.15, -0.1) is 0 Å². The lowest BCUT2D eigenvalue weighted by atomic mass is 10.1. The Morgan fingerprint density at radius 1 is 0.917 bits per heavy atom. The standard InChI is InChI=1S/C16H21F5N2O/c1-22(2)6-3-7-23-8-4-10(5-9-23)24-16-14(20)12(18)11(17)13(19)15(16)21/h10H,3-9H2,1-2H3. The van der Waals surface area contributed by atoms with Crippen LogP contribution in [0.15, 0.2) is 0 Å². The largest absolute Gasteiger partial charge is 0.484 e. The first kappa shape index (κ1) is 18.9. The molecule has 8 heteroatoms. The van der Waals surface area contributed by atoms with Crippen molar-refractivity contribution in [1.82, 2.24) is 9.80 Å². The molecule has 0 aromatic heterocycles. The zero-order valence-electron chi connectivity index (χ0n) is 13.7. The number of halogens is 5. The van der Waals surface area contributed by atoms with Gasteiger partial charge in [-0.3, -0.25) is 0 Å². The summed E-state index contributed by atoms with van der Waals surface area (Å²) in [5.74, 6) is -11.2. The zero-order valence-corrected chi connectivity index (χ0v) is 13.7. The molecule has 24 heavy (non-hydrogen) atoms. The highest BCUT2D eigenvalue weighted by Gasteiger charge is 2.30. The monoisotopic (exact) mass is 352 g/mol. The molecule has 2 rings (SSSR count). The van der Waals surface area contributed by atoms with Gasteiger partial charge in [0, 0.05) is 13.1 Å². The Kier molecular flexibility index (Phi) is 6.40. The van der Waals surface area contributed by atoms with Crippen LogP contribution in [0, 0.1) is 29.1 Å². The molecule has 1 aromatic carbocycles. The molecule has 3 nitrogen and oxygen atoms in total. The Bertz CT molecular complexity index is 545. The fraction of sp³-hybridized carbons (Fsp3) is 0.625. The van der Waals surface area contributed by atoms with E-state index in [1.807, 2.05) is 14.1 Å². The lowest BCUT2D eigenvalue weighted by Gasteiger charge is -2.32. The maximum Gasteiger partial charge on any atom is 0.207 e. The van der Waals surface area contributed by atoms with Gasteiger partial charge < -0.3 is 14.5 Å². The van der Waals surface area contributed by atoms with E-state index in [0.29, 0.717) is 25.9 Å². The van der Waals surface area contributed by atoms with Crippen LogP contribution in [0.4, 0.5) is 22.0 Å². The molecule has 0 unspecified atom stereocenters. The van der Waals surface area contributed by atoms with Crippen LogP contribution < -0.4 is 4.74 Å². The predicted octanol–water partition coefficient (Wildman–Crippen LogP) is 3.18. The molecule has 1 aromatic rings. The normalized spacial score (nSPS) is 16.8. The molecule has 1 saturated heterocycles. The third kappa shape index (κ3) is 4.36. The third-order valence-electron chi connectivity index (χ3n) is 4.07. The van der Waals surface area contributed by atoms with Crippen LogP contribution in [0.25, 0.3) is 0 Å². The molecule has 0 saturated carbocycles. The van der Waals surface area contributed by atoms with E-state index in [2.05, 4.69) is 9.80 Å². The van der Waals surface area contributed by atoms with E-state index < -0.39 is 40.9 Å². The van der Waals surface area contributed by atoms with Crippen LogP contribution in [0.1, 0.15) is 19.3 Å². The van der Waals surface area contributed by atoms with Crippen LogP contribution in [0.5, 0.6) is 5.75 Å². The molecule has 1 aliphatic heterocycles. The number of nitrogens with zero attached hydrogens (tertiary/aromatic N) is 2. The van der Waals surface area contributed by atoms with E-state index in [-0.39, 0.29) is 0 Å². The van der Waals surface area contributed by atoms with Crippen molar-refractivity contribution in [2.45, 2.75) is 25.4 Å². The van der Waals surface area contributed by atoms with E-state index in [1.165, 1.54) is 0 Å². The minimum Gasteiger partial charge on any atom is -0.484 e. The SMILES string of the molecule is CN(C)CCCN1CCC(Oc2c(F)c(F)c(F)c(F)c2F)CC1. The van der Waals surface area contributed by atoms with Crippen LogP contribution >= 0.6 is 0 Å². The Labute approximate surface area is 138 Å². The van der Waals surface area contributed by atoms with Gasteiger partial charge in [0.25, 0.3) is 0 Å². The number of hydrogen-bond acceptors (Lipinski definition) is 3. The Hall–Kier alpha value is -1.41. The van der Waals surface area contributed by atoms with E-state index in [0.717, 1.165) is 19.5 Å². The highest BCUT2D eigenvalue weighted by molar-refractivity contribution is 5.30. The van der Waals surface area contributed by atoms with Crippen molar-refractivity contribution in [3.8, 4) is 5.75 Å². The van der Waals surface area contributed by atoms with Crippen molar-refractivity contribution in [3.63, 3.8) is 0 Å². The van der Waals surface area contributed by atoms with E-state index in [1.54, 1.807) is 0 Å². The van der Waals surface area contributed by atoms with Crippen LogP contribution in [0.2, 0.25) is 0 Å². The van der Waals surface area contributed by atoms with Crippen molar-refractivity contribution in [3.05, 3.63) is 29.1 Å². The first-order valence-corrected chi connectivity index (χ1v) is 7.86. The van der Waals surface area contributed by atoms with Crippen molar-refractivity contribution < 1.29 is 26.7 Å². The summed E-state index contributed by atoms with van der Waals surface area (Å²) in [5, 5.41) is 0. The number of likely N-dealkylation sites (tertiary alicyclic amines) is 1. The second-order valence-electron chi connectivity index (χ2n) is 6.21. The summed E-state index contributed by atoms with van der Waals surface area (Å²) < 4.78 is 71.7. The van der Waals surface area contributed by atoms with Gasteiger partial charge in [0.15, 0.2) is 5.75 Å². The number of hydrogen-bond donors (Lipinski definition) is 0. The van der Waals surface area contributed by atoms with E-state index in [4.69, 9.17) is 4.74 Å². The molecular formula is C16H21F5N2O. The van der Waals surface area contributed by atoms with Gasteiger partial charge in [-0.25, -0.2) is 13.2 Å². The maximum atomic E-state index is 13.6. The van der Waals surface area contributed by atoms with Gasteiger partial charge in [0.05, 0.1) is 0 Å². The predicted molar refractivity (Wildman–Crippen MR) is 79.5 cm³/mol. The average Bonchev–Trinajstić information content (AvgIpc) is 2.56. The van der Waals surface area contributed by atoms with Crippen molar-refractivity contribution in [1.29, 1.82) is 0 Å². The second kappa shape index (κ2) is 8.11. The average molecular weight is 352 g/mol. The topological polar surface area (TPSA) is 15.7 Å². The minimum atomic E-state index is -2.17. The number of rotatable bonds is 6. The summed E-state index contributed by atoms with van der Waals surface area (Å²) >= 11 is 0. The number of ether oxygens (including phenoxy) is 1. The molecule has 0 amide bonds. The number of piperidine rings is 1. The number of benzene rings is 1. The Balaban J connectivity index is 1.93. The first-order chi connectivity index (χ1) is 11.3. The van der Waals surface area contributed by atoms with Crippen molar-refractivity contribution in [2.75, 3.05) is 40.3 Å². The molecule has 0 spiro atoms. The Morgan fingerprint density at radius 2 is 1.42 bits per heavy atom. The molecule has 0 aliphatic carbocycles. The molecule has 0 radical (unpaired) electrons. The zero-order chi connectivity index (χ0) is 17.9. The van der Waals surface area contributed by atoms with Gasteiger partial charge >= 0.3 is 0 Å². The fourth-order valence-electron chi connectivity index (χ4n) is 2.72. The van der Waals surface area contributed by atoms with Gasteiger partial charge in [-0.1, -0.05) is 0 Å².